The number of aliphatic hydroxyl groups is 2. The molecule has 1 spiro atoms. The molecule has 0 saturated carbocycles. The van der Waals surface area contributed by atoms with Crippen LogP contribution in [0.2, 0.25) is 0 Å². The molecule has 0 amide bonds. The summed E-state index contributed by atoms with van der Waals surface area (Å²) in [6.45, 7) is 12.9. The van der Waals surface area contributed by atoms with Crippen molar-refractivity contribution in [2.45, 2.75) is 96.7 Å². The molecule has 14 rings (SSSR count). The summed E-state index contributed by atoms with van der Waals surface area (Å²) in [7, 11) is 0. The summed E-state index contributed by atoms with van der Waals surface area (Å²) in [5.41, 5.74) is 19.5. The maximum atomic E-state index is 15.3. The van der Waals surface area contributed by atoms with Crippen LogP contribution in [0.15, 0.2) is 159 Å². The van der Waals surface area contributed by atoms with Crippen LogP contribution in [0.1, 0.15) is 131 Å². The van der Waals surface area contributed by atoms with Gasteiger partial charge in [0.1, 0.15) is 11.2 Å². The molecule has 77 heavy (non-hydrogen) atoms. The molecule has 4 aliphatic carbocycles. The summed E-state index contributed by atoms with van der Waals surface area (Å²) in [6, 6.07) is 42.8. The summed E-state index contributed by atoms with van der Waals surface area (Å²) in [5, 5.41) is 30.5. The lowest BCUT2D eigenvalue weighted by atomic mass is 9.66. The Balaban J connectivity index is 1.24. The summed E-state index contributed by atoms with van der Waals surface area (Å²) in [5.74, 6) is 0. The number of aryl methyl sites for hydroxylation is 6. The first-order valence-corrected chi connectivity index (χ1v) is 27.5. The number of fused-ring (bicyclic) bond motifs is 19. The third-order valence-corrected chi connectivity index (χ3v) is 17.5. The molecule has 0 fully saturated rings. The van der Waals surface area contributed by atoms with Crippen LogP contribution in [0.5, 0.6) is 0 Å². The van der Waals surface area contributed by atoms with Crippen LogP contribution >= 0.6 is 0 Å². The Morgan fingerprint density at radius 3 is 1.01 bits per heavy atom. The van der Waals surface area contributed by atoms with Crippen molar-refractivity contribution in [3.8, 4) is 67.5 Å². The predicted octanol–water partition coefficient (Wildman–Crippen LogP) is 13.6. The van der Waals surface area contributed by atoms with E-state index in [9.17, 15) is 0 Å². The molecule has 10 aromatic rings. The van der Waals surface area contributed by atoms with Crippen molar-refractivity contribution in [3.05, 3.63) is 248 Å². The summed E-state index contributed by atoms with van der Waals surface area (Å²) >= 11 is 0. The SMILES string of the molecule is CCc1ccc(-c2ncc(CC)cc2C2(O)c3ccccc3-c3c2c2c(c4c3C3(c5ccccc5-4)c4cc(CC)cnc4-c4ncc(CC)cc43)C(O)(c3cc(CC)cnc3-c3ccc(CC)cn3)c3ccccc3-2)nc1. The van der Waals surface area contributed by atoms with Gasteiger partial charge in [-0.2, -0.15) is 0 Å². The molecule has 2 unspecified atom stereocenters. The first kappa shape index (κ1) is 47.2. The number of hydrogen-bond acceptors (Lipinski definition) is 8. The van der Waals surface area contributed by atoms with E-state index in [1.54, 1.807) is 0 Å². The molecule has 376 valence electrons. The first-order valence-electron chi connectivity index (χ1n) is 27.5. The minimum absolute atomic E-state index is 0.595. The van der Waals surface area contributed by atoms with Gasteiger partial charge in [0.05, 0.1) is 39.6 Å². The van der Waals surface area contributed by atoms with Gasteiger partial charge in [-0.25, -0.2) is 0 Å². The normalized spacial score (nSPS) is 17.4. The molecular weight excluding hydrogens is 945 g/mol. The Morgan fingerprint density at radius 2 is 0.636 bits per heavy atom. The van der Waals surface area contributed by atoms with Gasteiger partial charge in [-0.1, -0.05) is 139 Å². The van der Waals surface area contributed by atoms with Crippen LogP contribution in [0.4, 0.5) is 0 Å². The van der Waals surface area contributed by atoms with E-state index in [0.717, 1.165) is 132 Å². The third kappa shape index (κ3) is 6.22. The van der Waals surface area contributed by atoms with E-state index >= 15 is 10.2 Å². The van der Waals surface area contributed by atoms with Gasteiger partial charge in [-0.15, -0.1) is 0 Å². The highest BCUT2D eigenvalue weighted by atomic mass is 16.3. The number of aromatic nitrogens is 6. The zero-order valence-corrected chi connectivity index (χ0v) is 44.3. The molecule has 0 bridgehead atoms. The fourth-order valence-electron chi connectivity index (χ4n) is 13.6. The fourth-order valence-corrected chi connectivity index (χ4v) is 13.6. The Bertz CT molecular complexity index is 3930. The zero-order chi connectivity index (χ0) is 52.5. The van der Waals surface area contributed by atoms with Crippen LogP contribution in [-0.2, 0) is 55.1 Å². The third-order valence-electron chi connectivity index (χ3n) is 17.5. The quantitative estimate of drug-likeness (QED) is 0.139. The molecule has 6 heterocycles. The molecule has 0 aliphatic heterocycles. The molecule has 8 heteroatoms. The Kier molecular flexibility index (Phi) is 10.6. The number of hydrogen-bond donors (Lipinski definition) is 2. The van der Waals surface area contributed by atoms with Crippen molar-refractivity contribution in [2.75, 3.05) is 0 Å². The van der Waals surface area contributed by atoms with E-state index in [-0.39, 0.29) is 0 Å². The number of rotatable bonds is 10. The lowest BCUT2D eigenvalue weighted by Crippen LogP contribution is -2.32. The maximum absolute atomic E-state index is 15.3. The number of pyridine rings is 6. The number of nitrogens with zero attached hydrogens (tertiary/aromatic N) is 6. The van der Waals surface area contributed by atoms with Crippen molar-refractivity contribution in [1.29, 1.82) is 0 Å². The molecule has 4 aliphatic rings. The molecule has 2 N–H and O–H groups in total. The lowest BCUT2D eigenvalue weighted by molar-refractivity contribution is 0.127. The van der Waals surface area contributed by atoms with E-state index in [1.807, 2.05) is 61.4 Å². The second-order valence-corrected chi connectivity index (χ2v) is 21.2. The van der Waals surface area contributed by atoms with E-state index in [0.29, 0.717) is 63.4 Å². The van der Waals surface area contributed by atoms with Gasteiger partial charge in [0.15, 0.2) is 0 Å². The van der Waals surface area contributed by atoms with Crippen molar-refractivity contribution >= 4 is 0 Å². The zero-order valence-electron chi connectivity index (χ0n) is 44.3. The highest BCUT2D eigenvalue weighted by Crippen LogP contribution is 2.72. The standard InChI is InChI=1S/C69H58N6O2/c1-7-39-25-27-55(70-33-39)63-53(31-43(11-5)35-72-63)68(76)49-23-17-14-20-46(49)58-60-57(45-19-13-16-22-48(45)67(60)51-29-41(9-3)37-74-65(51)66-52(67)30-42(10-4)38-75-66)61-59(62(58)68)47-21-15-18-24-50(47)69(61,77)54-32-44(12-6)36-73-64(54)56-28-26-40(8-2)34-71-56/h13-38,76-77H,7-12H2,1-6H3. The molecule has 8 nitrogen and oxygen atoms in total. The molecule has 0 radical (unpaired) electrons. The monoisotopic (exact) mass is 1000 g/mol. The first-order chi connectivity index (χ1) is 37.7. The predicted molar refractivity (Wildman–Crippen MR) is 305 cm³/mol. The van der Waals surface area contributed by atoms with Crippen LogP contribution in [0, 0.1) is 0 Å². The summed E-state index contributed by atoms with van der Waals surface area (Å²) in [6.07, 6.45) is 16.3. The average Bonchev–Trinajstić information content (AvgIpc) is 3.82. The fraction of sp³-hybridized carbons (Fsp3) is 0.217. The second kappa shape index (κ2) is 17.4. The minimum atomic E-state index is -1.85. The Labute approximate surface area is 449 Å². The Morgan fingerprint density at radius 1 is 0.312 bits per heavy atom. The van der Waals surface area contributed by atoms with Crippen molar-refractivity contribution in [1.82, 2.24) is 29.9 Å². The lowest BCUT2D eigenvalue weighted by Gasteiger charge is -2.36. The van der Waals surface area contributed by atoms with Gasteiger partial charge in [0, 0.05) is 70.6 Å². The largest absolute Gasteiger partial charge is 0.376 e. The molecule has 2 atom stereocenters. The Hall–Kier alpha value is -8.30. The van der Waals surface area contributed by atoms with Gasteiger partial charge in [-0.05, 0) is 152 Å². The van der Waals surface area contributed by atoms with E-state index in [2.05, 4.69) is 139 Å². The van der Waals surface area contributed by atoms with E-state index < -0.39 is 16.6 Å². The van der Waals surface area contributed by atoms with E-state index in [1.165, 1.54) is 0 Å². The van der Waals surface area contributed by atoms with Crippen LogP contribution in [-0.4, -0.2) is 40.1 Å². The highest BCUT2D eigenvalue weighted by Gasteiger charge is 2.62. The highest BCUT2D eigenvalue weighted by molar-refractivity contribution is 6.09. The summed E-state index contributed by atoms with van der Waals surface area (Å²) < 4.78 is 0. The molecule has 6 aromatic heterocycles. The van der Waals surface area contributed by atoms with Crippen molar-refractivity contribution in [3.63, 3.8) is 0 Å². The summed E-state index contributed by atoms with van der Waals surface area (Å²) in [4.78, 5) is 31.4. The average molecular weight is 1000 g/mol. The van der Waals surface area contributed by atoms with Crippen molar-refractivity contribution in [2.24, 2.45) is 0 Å². The molecule has 0 saturated heterocycles. The second-order valence-electron chi connectivity index (χ2n) is 21.2. The van der Waals surface area contributed by atoms with Gasteiger partial charge in [-0.3, -0.25) is 29.9 Å². The van der Waals surface area contributed by atoms with Gasteiger partial charge < -0.3 is 10.2 Å². The molecule has 4 aromatic carbocycles. The minimum Gasteiger partial charge on any atom is -0.376 e. The molecular formula is C69H58N6O2. The van der Waals surface area contributed by atoms with Crippen molar-refractivity contribution < 1.29 is 10.2 Å². The maximum Gasteiger partial charge on any atom is 0.144 e. The van der Waals surface area contributed by atoms with Gasteiger partial charge in [0.25, 0.3) is 0 Å². The van der Waals surface area contributed by atoms with Gasteiger partial charge >= 0.3 is 0 Å². The van der Waals surface area contributed by atoms with Crippen LogP contribution in [0.25, 0.3) is 67.5 Å². The topological polar surface area (TPSA) is 118 Å². The van der Waals surface area contributed by atoms with Crippen LogP contribution < -0.4 is 0 Å². The smallest absolute Gasteiger partial charge is 0.144 e. The number of benzene rings is 4. The van der Waals surface area contributed by atoms with E-state index in [4.69, 9.17) is 29.9 Å². The van der Waals surface area contributed by atoms with Gasteiger partial charge in [0.2, 0.25) is 0 Å². The van der Waals surface area contributed by atoms with Crippen LogP contribution in [0.3, 0.4) is 0 Å².